The number of aliphatic hydroxyl groups excluding tert-OH is 1. The van der Waals surface area contributed by atoms with E-state index in [-0.39, 0.29) is 12.0 Å². The second-order valence-corrected chi connectivity index (χ2v) is 7.93. The molecular weight excluding hydrogens is 350 g/mol. The lowest BCUT2D eigenvalue weighted by Crippen LogP contribution is -2.21. The summed E-state index contributed by atoms with van der Waals surface area (Å²) in [5, 5.41) is 15.0. The Hall–Kier alpha value is -2.57. The molecule has 3 aromatic rings. The van der Waals surface area contributed by atoms with Gasteiger partial charge in [0, 0.05) is 61.1 Å². The van der Waals surface area contributed by atoms with Gasteiger partial charge in [-0.3, -0.25) is 9.88 Å². The molecule has 3 heterocycles. The molecule has 6 heteroatoms. The maximum atomic E-state index is 10.6. The van der Waals surface area contributed by atoms with Crippen LogP contribution in [0.5, 0.6) is 0 Å². The summed E-state index contributed by atoms with van der Waals surface area (Å²) in [6.07, 6.45) is 6.13. The molecule has 1 aliphatic heterocycles. The van der Waals surface area contributed by atoms with Gasteiger partial charge in [-0.05, 0) is 38.0 Å². The van der Waals surface area contributed by atoms with E-state index in [0.717, 1.165) is 30.6 Å². The van der Waals surface area contributed by atoms with Gasteiger partial charge in [0.2, 0.25) is 5.95 Å². The van der Waals surface area contributed by atoms with E-state index in [9.17, 15) is 5.11 Å². The minimum atomic E-state index is -0.324. The molecule has 6 nitrogen and oxygen atoms in total. The number of nitrogens with zero attached hydrogens (tertiary/aromatic N) is 4. The summed E-state index contributed by atoms with van der Waals surface area (Å²) in [4.78, 5) is 15.5. The average Bonchev–Trinajstić information content (AvgIpc) is 3.02. The summed E-state index contributed by atoms with van der Waals surface area (Å²) < 4.78 is 0. The van der Waals surface area contributed by atoms with Crippen LogP contribution in [-0.4, -0.2) is 50.2 Å². The highest BCUT2D eigenvalue weighted by Gasteiger charge is 2.31. The third-order valence-corrected chi connectivity index (χ3v) is 5.23. The SMILES string of the molecule is CC(C)Nc1ncc(CN2C[C@@H](Cc3ccnc4ccccc34)[C@@H](O)C2)cn1. The fourth-order valence-corrected chi connectivity index (χ4v) is 3.91. The Morgan fingerprint density at radius 2 is 1.89 bits per heavy atom. The number of aliphatic hydroxyl groups is 1. The lowest BCUT2D eigenvalue weighted by Gasteiger charge is -2.16. The normalized spacial score (nSPS) is 20.1. The van der Waals surface area contributed by atoms with E-state index in [0.29, 0.717) is 18.5 Å². The summed E-state index contributed by atoms with van der Waals surface area (Å²) in [5.41, 5.74) is 3.33. The Labute approximate surface area is 165 Å². The molecule has 4 rings (SSSR count). The number of nitrogens with one attached hydrogen (secondary N) is 1. The van der Waals surface area contributed by atoms with Gasteiger partial charge in [0.05, 0.1) is 11.6 Å². The Balaban J connectivity index is 1.40. The third kappa shape index (κ3) is 4.29. The van der Waals surface area contributed by atoms with Gasteiger partial charge in [-0.15, -0.1) is 0 Å². The van der Waals surface area contributed by atoms with Gasteiger partial charge >= 0.3 is 0 Å². The minimum absolute atomic E-state index is 0.216. The summed E-state index contributed by atoms with van der Waals surface area (Å²) in [6.45, 7) is 6.43. The number of fused-ring (bicyclic) bond motifs is 1. The minimum Gasteiger partial charge on any atom is -0.391 e. The summed E-state index contributed by atoms with van der Waals surface area (Å²) in [6, 6.07) is 10.6. The van der Waals surface area contributed by atoms with Crippen molar-refractivity contribution in [3.63, 3.8) is 0 Å². The van der Waals surface area contributed by atoms with Crippen molar-refractivity contribution >= 4 is 16.9 Å². The van der Waals surface area contributed by atoms with Crippen molar-refractivity contribution in [3.05, 3.63) is 60.0 Å². The first kappa shape index (κ1) is 18.8. The van der Waals surface area contributed by atoms with Gasteiger partial charge in [-0.2, -0.15) is 0 Å². The molecule has 0 spiro atoms. The maximum Gasteiger partial charge on any atom is 0.222 e. The van der Waals surface area contributed by atoms with E-state index >= 15 is 0 Å². The molecule has 2 N–H and O–H groups in total. The van der Waals surface area contributed by atoms with Crippen LogP contribution < -0.4 is 5.32 Å². The van der Waals surface area contributed by atoms with Crippen LogP contribution >= 0.6 is 0 Å². The van der Waals surface area contributed by atoms with Gasteiger partial charge in [0.15, 0.2) is 0 Å². The first-order chi connectivity index (χ1) is 13.6. The molecule has 2 atom stereocenters. The first-order valence-electron chi connectivity index (χ1n) is 9.89. The summed E-state index contributed by atoms with van der Waals surface area (Å²) in [7, 11) is 0. The topological polar surface area (TPSA) is 74.2 Å². The highest BCUT2D eigenvalue weighted by molar-refractivity contribution is 5.81. The average molecular weight is 377 g/mol. The van der Waals surface area contributed by atoms with Crippen molar-refractivity contribution in [2.45, 2.75) is 39.0 Å². The Kier molecular flexibility index (Phi) is 5.50. The van der Waals surface area contributed by atoms with Crippen molar-refractivity contribution in [2.24, 2.45) is 5.92 Å². The lowest BCUT2D eigenvalue weighted by molar-refractivity contribution is 0.141. The van der Waals surface area contributed by atoms with Crippen LogP contribution in [0.15, 0.2) is 48.9 Å². The fraction of sp³-hybridized carbons (Fsp3) is 0.409. The molecule has 0 amide bonds. The Morgan fingerprint density at radius 1 is 1.11 bits per heavy atom. The number of rotatable bonds is 6. The van der Waals surface area contributed by atoms with E-state index in [1.165, 1.54) is 10.9 Å². The van der Waals surface area contributed by atoms with Crippen LogP contribution in [0.2, 0.25) is 0 Å². The van der Waals surface area contributed by atoms with Gasteiger partial charge in [0.25, 0.3) is 0 Å². The van der Waals surface area contributed by atoms with Gasteiger partial charge in [-0.1, -0.05) is 18.2 Å². The zero-order valence-corrected chi connectivity index (χ0v) is 16.4. The highest BCUT2D eigenvalue weighted by atomic mass is 16.3. The molecule has 0 bridgehead atoms. The molecule has 1 fully saturated rings. The number of para-hydroxylation sites is 1. The molecule has 0 aliphatic carbocycles. The van der Waals surface area contributed by atoms with Crippen molar-refractivity contribution < 1.29 is 5.11 Å². The Bertz CT molecular complexity index is 922. The zero-order valence-electron chi connectivity index (χ0n) is 16.4. The van der Waals surface area contributed by atoms with Crippen LogP contribution in [0.25, 0.3) is 10.9 Å². The maximum absolute atomic E-state index is 10.6. The number of aromatic nitrogens is 3. The monoisotopic (exact) mass is 377 g/mol. The van der Waals surface area contributed by atoms with E-state index in [4.69, 9.17) is 0 Å². The molecule has 1 aliphatic rings. The van der Waals surface area contributed by atoms with Crippen LogP contribution in [0.3, 0.4) is 0 Å². The predicted molar refractivity (Wildman–Crippen MR) is 111 cm³/mol. The van der Waals surface area contributed by atoms with Crippen molar-refractivity contribution in [3.8, 4) is 0 Å². The molecule has 2 aromatic heterocycles. The number of likely N-dealkylation sites (tertiary alicyclic amines) is 1. The van der Waals surface area contributed by atoms with Crippen molar-refractivity contribution in [1.82, 2.24) is 19.9 Å². The van der Waals surface area contributed by atoms with Gasteiger partial charge in [0.1, 0.15) is 0 Å². The number of hydrogen-bond donors (Lipinski definition) is 2. The van der Waals surface area contributed by atoms with Gasteiger partial charge < -0.3 is 10.4 Å². The molecule has 146 valence electrons. The van der Waals surface area contributed by atoms with E-state index in [2.05, 4.69) is 51.1 Å². The van der Waals surface area contributed by atoms with Crippen LogP contribution in [-0.2, 0) is 13.0 Å². The van der Waals surface area contributed by atoms with Crippen molar-refractivity contribution in [2.75, 3.05) is 18.4 Å². The predicted octanol–water partition coefficient (Wildman–Crippen LogP) is 2.88. The van der Waals surface area contributed by atoms with Crippen LogP contribution in [0.1, 0.15) is 25.0 Å². The first-order valence-corrected chi connectivity index (χ1v) is 9.89. The summed E-state index contributed by atoms with van der Waals surface area (Å²) in [5.74, 6) is 0.872. The number of benzene rings is 1. The lowest BCUT2D eigenvalue weighted by atomic mass is 9.94. The molecule has 1 aromatic carbocycles. The van der Waals surface area contributed by atoms with E-state index in [1.807, 2.05) is 36.8 Å². The third-order valence-electron chi connectivity index (χ3n) is 5.23. The molecule has 0 saturated carbocycles. The number of β-amino-alcohol motifs (C(OH)–C–C–N with tert-alkyl or cyclic N) is 1. The smallest absolute Gasteiger partial charge is 0.222 e. The second kappa shape index (κ2) is 8.20. The molecule has 0 unspecified atom stereocenters. The molecule has 1 saturated heterocycles. The number of hydrogen-bond acceptors (Lipinski definition) is 6. The fourth-order valence-electron chi connectivity index (χ4n) is 3.91. The zero-order chi connectivity index (χ0) is 19.5. The molecule has 28 heavy (non-hydrogen) atoms. The number of pyridine rings is 1. The summed E-state index contributed by atoms with van der Waals surface area (Å²) >= 11 is 0. The number of anilines is 1. The van der Waals surface area contributed by atoms with Gasteiger partial charge in [-0.25, -0.2) is 9.97 Å². The molecular formula is C22H27N5O. The molecule has 0 radical (unpaired) electrons. The standard InChI is InChI=1S/C22H27N5O/c1-15(2)26-22-24-10-16(11-25-22)12-27-13-18(21(28)14-27)9-17-7-8-23-20-6-4-3-5-19(17)20/h3-8,10-11,15,18,21,28H,9,12-14H2,1-2H3,(H,24,25,26)/t18-,21+/m1/s1. The van der Waals surface area contributed by atoms with Crippen LogP contribution in [0.4, 0.5) is 5.95 Å². The van der Waals surface area contributed by atoms with Crippen molar-refractivity contribution in [1.29, 1.82) is 0 Å². The second-order valence-electron chi connectivity index (χ2n) is 7.93. The Morgan fingerprint density at radius 3 is 2.68 bits per heavy atom. The highest BCUT2D eigenvalue weighted by Crippen LogP contribution is 2.26. The largest absolute Gasteiger partial charge is 0.391 e. The van der Waals surface area contributed by atoms with E-state index < -0.39 is 0 Å². The quantitative estimate of drug-likeness (QED) is 0.688. The van der Waals surface area contributed by atoms with E-state index in [1.54, 1.807) is 0 Å². The van der Waals surface area contributed by atoms with Crippen LogP contribution in [0, 0.1) is 5.92 Å².